The van der Waals surface area contributed by atoms with Crippen molar-refractivity contribution < 1.29 is 4.74 Å². The highest BCUT2D eigenvalue weighted by molar-refractivity contribution is 7.99. The third kappa shape index (κ3) is 5.72. The molecule has 46 heavy (non-hydrogen) atoms. The molecule has 6 heterocycles. The number of hydrogen-bond acceptors (Lipinski definition) is 12. The van der Waals surface area contributed by atoms with E-state index in [1.54, 1.807) is 18.6 Å². The van der Waals surface area contributed by atoms with Gasteiger partial charge in [0.2, 0.25) is 5.95 Å². The fourth-order valence-electron chi connectivity index (χ4n) is 6.25. The molecule has 12 nitrogen and oxygen atoms in total. The Morgan fingerprint density at radius 3 is 2.63 bits per heavy atom. The van der Waals surface area contributed by atoms with E-state index in [-0.39, 0.29) is 17.6 Å². The summed E-state index contributed by atoms with van der Waals surface area (Å²) in [6.45, 7) is 6.64. The molecule has 0 unspecified atom stereocenters. The Morgan fingerprint density at radius 1 is 1.09 bits per heavy atom. The Bertz CT molecular complexity index is 1880. The van der Waals surface area contributed by atoms with Gasteiger partial charge in [0.25, 0.3) is 0 Å². The van der Waals surface area contributed by atoms with Gasteiger partial charge in [-0.05, 0) is 57.0 Å². The van der Waals surface area contributed by atoms with Gasteiger partial charge in [0.15, 0.2) is 5.82 Å². The third-order valence-corrected chi connectivity index (χ3v) is 10.8. The summed E-state index contributed by atoms with van der Waals surface area (Å²) in [5.41, 5.74) is 9.57. The third-order valence-electron chi connectivity index (χ3n) is 9.33. The van der Waals surface area contributed by atoms with Gasteiger partial charge in [0.05, 0.1) is 35.6 Å². The van der Waals surface area contributed by atoms with Gasteiger partial charge in [-0.15, -0.1) is 0 Å². The molecule has 5 aromatic rings. The van der Waals surface area contributed by atoms with Crippen LogP contribution in [0.25, 0.3) is 10.9 Å². The molecule has 2 aliphatic heterocycles. The van der Waals surface area contributed by atoms with E-state index in [1.807, 2.05) is 42.0 Å². The molecular formula is C32H36ClN11OS. The summed E-state index contributed by atoms with van der Waals surface area (Å²) < 4.78 is 7.75. The lowest BCUT2D eigenvalue weighted by molar-refractivity contribution is 0.0974. The molecule has 2 saturated heterocycles. The Morgan fingerprint density at radius 2 is 1.89 bits per heavy atom. The zero-order chi connectivity index (χ0) is 32.0. The number of aryl methyl sites for hydroxylation is 2. The number of piperidine rings is 1. The molecule has 0 radical (unpaired) electrons. The monoisotopic (exact) mass is 657 g/mol. The van der Waals surface area contributed by atoms with Crippen LogP contribution in [0, 0.1) is 12.3 Å². The highest BCUT2D eigenvalue weighted by atomic mass is 35.5. The maximum absolute atomic E-state index is 6.81. The number of nitrogens with one attached hydrogen (secondary N) is 1. The number of rotatable bonds is 7. The van der Waals surface area contributed by atoms with Crippen molar-refractivity contribution in [1.29, 1.82) is 0 Å². The van der Waals surface area contributed by atoms with Gasteiger partial charge in [0, 0.05) is 72.7 Å². The van der Waals surface area contributed by atoms with Gasteiger partial charge in [-0.2, -0.15) is 10.1 Å². The van der Waals surface area contributed by atoms with Crippen LogP contribution in [0.3, 0.4) is 0 Å². The van der Waals surface area contributed by atoms with Crippen LogP contribution < -0.4 is 20.9 Å². The second-order valence-electron chi connectivity index (χ2n) is 12.0. The number of hydrogen-bond donors (Lipinski definition) is 2. The summed E-state index contributed by atoms with van der Waals surface area (Å²) in [6.07, 6.45) is 9.09. The highest BCUT2D eigenvalue weighted by Crippen LogP contribution is 2.42. The quantitative estimate of drug-likeness (QED) is 0.229. The minimum absolute atomic E-state index is 0.0689. The van der Waals surface area contributed by atoms with E-state index < -0.39 is 0 Å². The number of pyridine rings is 1. The minimum atomic E-state index is 0.0689. The van der Waals surface area contributed by atoms with Crippen molar-refractivity contribution in [1.82, 2.24) is 34.7 Å². The largest absolute Gasteiger partial charge is 0.376 e. The van der Waals surface area contributed by atoms with Crippen molar-refractivity contribution in [2.75, 3.05) is 41.9 Å². The Kier molecular flexibility index (Phi) is 8.17. The molecule has 7 rings (SSSR count). The Hall–Kier alpha value is -4.04. The number of fused-ring (bicyclic) bond motifs is 1. The van der Waals surface area contributed by atoms with Crippen LogP contribution in [0.2, 0.25) is 5.02 Å². The highest BCUT2D eigenvalue weighted by Gasteiger charge is 2.47. The van der Waals surface area contributed by atoms with Crippen molar-refractivity contribution in [3.63, 3.8) is 0 Å². The molecule has 14 heteroatoms. The van der Waals surface area contributed by atoms with Crippen LogP contribution in [0.15, 0.2) is 65.0 Å². The van der Waals surface area contributed by atoms with Gasteiger partial charge in [-0.25, -0.2) is 19.9 Å². The summed E-state index contributed by atoms with van der Waals surface area (Å²) in [6, 6.07) is 9.98. The number of ether oxygens (including phenoxy) is 1. The molecule has 238 valence electrons. The van der Waals surface area contributed by atoms with Crippen molar-refractivity contribution in [2.24, 2.45) is 18.2 Å². The van der Waals surface area contributed by atoms with Gasteiger partial charge in [-0.3, -0.25) is 4.68 Å². The summed E-state index contributed by atoms with van der Waals surface area (Å²) in [5, 5.41) is 10.1. The maximum Gasteiger partial charge on any atom is 0.230 e. The molecule has 4 aromatic heterocycles. The summed E-state index contributed by atoms with van der Waals surface area (Å²) >= 11 is 8.24. The number of nitrogens with zero attached hydrogens (tertiary/aromatic N) is 9. The molecule has 1 aromatic carbocycles. The molecule has 2 atom stereocenters. The summed E-state index contributed by atoms with van der Waals surface area (Å²) in [4.78, 5) is 28.0. The molecule has 0 amide bonds. The predicted octanol–water partition coefficient (Wildman–Crippen LogP) is 5.51. The first-order valence-electron chi connectivity index (χ1n) is 15.2. The number of aromatic nitrogens is 7. The minimum Gasteiger partial charge on any atom is -0.376 e. The number of benzene rings is 1. The average Bonchev–Trinajstić information content (AvgIpc) is 3.52. The standard InChI is InChI=1S/C32H36ClN11OS/c1-19-22-6-5-21(15-23(22)41-43(19)4)42(3)25-8-12-36-31(39-25)40-30-28(33)24(7-11-35-30)46-27-17-37-26(16-38-27)44-13-9-32(10-14-44)18-45-20(2)29(32)34/h5-8,11-12,15-17,20,29H,9-10,13-14,18,34H2,1-4H3,(H,35,36,39,40)/t20-,29+/m0/s1. The zero-order valence-electron chi connectivity index (χ0n) is 26.2. The van der Waals surface area contributed by atoms with Gasteiger partial charge < -0.3 is 25.6 Å². The van der Waals surface area contributed by atoms with Gasteiger partial charge >= 0.3 is 0 Å². The van der Waals surface area contributed by atoms with Crippen LogP contribution in [-0.2, 0) is 11.8 Å². The van der Waals surface area contributed by atoms with E-state index >= 15 is 0 Å². The molecule has 2 fully saturated rings. The second-order valence-corrected chi connectivity index (χ2v) is 13.5. The van der Waals surface area contributed by atoms with Gasteiger partial charge in [-0.1, -0.05) is 23.4 Å². The Balaban J connectivity index is 1.01. The predicted molar refractivity (Wildman–Crippen MR) is 182 cm³/mol. The van der Waals surface area contributed by atoms with Crippen LogP contribution in [0.4, 0.5) is 29.1 Å². The average molecular weight is 658 g/mol. The topological polar surface area (TPSA) is 136 Å². The lowest BCUT2D eigenvalue weighted by Crippen LogP contribution is -2.50. The number of halogens is 1. The SMILES string of the molecule is Cc1c2ccc(N(C)c3ccnc(Nc4nccc(Sc5cnc(N6CCC7(CC6)CO[C@@H](C)[C@H]7N)cn5)c4Cl)n3)cc2nn1C. The molecule has 2 aliphatic rings. The first-order valence-corrected chi connectivity index (χ1v) is 16.4. The summed E-state index contributed by atoms with van der Waals surface area (Å²) in [5.74, 6) is 2.40. The normalized spacial score (nSPS) is 19.2. The molecule has 0 aliphatic carbocycles. The van der Waals surface area contributed by atoms with E-state index in [9.17, 15) is 0 Å². The molecule has 0 bridgehead atoms. The smallest absolute Gasteiger partial charge is 0.230 e. The van der Waals surface area contributed by atoms with Crippen molar-refractivity contribution in [2.45, 2.75) is 48.8 Å². The molecular weight excluding hydrogens is 622 g/mol. The van der Waals surface area contributed by atoms with E-state index in [0.717, 1.165) is 70.6 Å². The fourth-order valence-corrected chi connectivity index (χ4v) is 7.27. The summed E-state index contributed by atoms with van der Waals surface area (Å²) in [7, 11) is 3.91. The lowest BCUT2D eigenvalue weighted by Gasteiger charge is -2.41. The fraction of sp³-hybridized carbons (Fsp3) is 0.375. The van der Waals surface area contributed by atoms with E-state index in [0.29, 0.717) is 22.6 Å². The first kappa shape index (κ1) is 30.6. The second kappa shape index (κ2) is 12.3. The van der Waals surface area contributed by atoms with Crippen molar-refractivity contribution in [3.05, 3.63) is 65.8 Å². The van der Waals surface area contributed by atoms with Crippen LogP contribution in [0.1, 0.15) is 25.5 Å². The lowest BCUT2D eigenvalue weighted by atomic mass is 9.73. The molecule has 0 saturated carbocycles. The van der Waals surface area contributed by atoms with Gasteiger partial charge in [0.1, 0.15) is 16.7 Å². The number of nitrogens with two attached hydrogens (primary N) is 1. The zero-order valence-corrected chi connectivity index (χ0v) is 27.8. The molecule has 1 spiro atoms. The van der Waals surface area contributed by atoms with Crippen LogP contribution >= 0.6 is 23.4 Å². The van der Waals surface area contributed by atoms with Crippen molar-refractivity contribution in [3.8, 4) is 0 Å². The number of anilines is 5. The van der Waals surface area contributed by atoms with E-state index in [4.69, 9.17) is 32.0 Å². The van der Waals surface area contributed by atoms with E-state index in [2.05, 4.69) is 62.3 Å². The maximum atomic E-state index is 6.81. The van der Waals surface area contributed by atoms with Crippen molar-refractivity contribution >= 4 is 63.4 Å². The van der Waals surface area contributed by atoms with E-state index in [1.165, 1.54) is 11.8 Å². The van der Waals surface area contributed by atoms with Crippen LogP contribution in [0.5, 0.6) is 0 Å². The molecule has 3 N–H and O–H groups in total. The van der Waals surface area contributed by atoms with Crippen LogP contribution in [-0.4, -0.2) is 73.6 Å². The Labute approximate surface area is 276 Å². The first-order chi connectivity index (χ1) is 22.2.